The second kappa shape index (κ2) is 6.56. The third-order valence-corrected chi connectivity index (χ3v) is 3.23. The van der Waals surface area contributed by atoms with Crippen molar-refractivity contribution in [1.29, 1.82) is 0 Å². The standard InChI is InChI=1S/C14H15BrN2O3/c1-10(7-12-3-2-6-20-12)16-13(18)9-17-8-11(15)4-5-14(17)19/h2-6,8,10H,7,9H2,1H3,(H,16,18)/t10-/m1/s1. The SMILES string of the molecule is C[C@H](Cc1ccco1)NC(=O)Cn1cc(Br)ccc1=O. The molecule has 1 N–H and O–H groups in total. The molecule has 0 radical (unpaired) electrons. The van der Waals surface area contributed by atoms with Crippen molar-refractivity contribution in [2.45, 2.75) is 25.9 Å². The first-order chi connectivity index (χ1) is 9.54. The van der Waals surface area contributed by atoms with E-state index in [4.69, 9.17) is 4.42 Å². The molecule has 0 spiro atoms. The van der Waals surface area contributed by atoms with Crippen LogP contribution in [0.15, 0.2) is 50.4 Å². The van der Waals surface area contributed by atoms with Gasteiger partial charge in [-0.1, -0.05) is 0 Å². The molecule has 0 fully saturated rings. The Balaban J connectivity index is 1.92. The van der Waals surface area contributed by atoms with E-state index >= 15 is 0 Å². The van der Waals surface area contributed by atoms with E-state index in [2.05, 4.69) is 21.2 Å². The van der Waals surface area contributed by atoms with Crippen molar-refractivity contribution in [3.05, 3.63) is 57.3 Å². The summed E-state index contributed by atoms with van der Waals surface area (Å²) in [5.41, 5.74) is -0.206. The van der Waals surface area contributed by atoms with Gasteiger partial charge in [0, 0.05) is 29.2 Å². The maximum atomic E-state index is 11.9. The molecule has 6 heteroatoms. The molecule has 2 aromatic rings. The summed E-state index contributed by atoms with van der Waals surface area (Å²) in [5.74, 6) is 0.613. The first kappa shape index (κ1) is 14.6. The number of furan rings is 1. The quantitative estimate of drug-likeness (QED) is 0.906. The lowest BCUT2D eigenvalue weighted by molar-refractivity contribution is -0.122. The van der Waals surface area contributed by atoms with Crippen LogP contribution in [-0.2, 0) is 17.8 Å². The topological polar surface area (TPSA) is 64.2 Å². The van der Waals surface area contributed by atoms with E-state index < -0.39 is 0 Å². The van der Waals surface area contributed by atoms with Crippen molar-refractivity contribution in [2.24, 2.45) is 0 Å². The normalized spacial score (nSPS) is 12.1. The first-order valence-electron chi connectivity index (χ1n) is 6.22. The number of aromatic nitrogens is 1. The molecular formula is C14H15BrN2O3. The number of amides is 1. The molecule has 0 aromatic carbocycles. The predicted molar refractivity (Wildman–Crippen MR) is 78.4 cm³/mol. The van der Waals surface area contributed by atoms with E-state index in [1.807, 2.05) is 19.1 Å². The lowest BCUT2D eigenvalue weighted by atomic mass is 10.2. The van der Waals surface area contributed by atoms with Crippen LogP contribution < -0.4 is 10.9 Å². The van der Waals surface area contributed by atoms with Gasteiger partial charge in [0.05, 0.1) is 6.26 Å². The molecule has 0 aliphatic heterocycles. The van der Waals surface area contributed by atoms with Gasteiger partial charge in [-0.2, -0.15) is 0 Å². The summed E-state index contributed by atoms with van der Waals surface area (Å²) < 4.78 is 7.34. The Morgan fingerprint density at radius 1 is 1.45 bits per heavy atom. The van der Waals surface area contributed by atoms with Gasteiger partial charge in [-0.05, 0) is 41.1 Å². The molecule has 20 heavy (non-hydrogen) atoms. The Kier molecular flexibility index (Phi) is 4.79. The second-order valence-electron chi connectivity index (χ2n) is 4.57. The molecule has 5 nitrogen and oxygen atoms in total. The van der Waals surface area contributed by atoms with Crippen LogP contribution in [0.5, 0.6) is 0 Å². The Bertz CT molecular complexity index is 634. The molecule has 0 unspecified atom stereocenters. The summed E-state index contributed by atoms with van der Waals surface area (Å²) in [6.07, 6.45) is 3.82. The number of carbonyl (C=O) groups excluding carboxylic acids is 1. The molecule has 0 aliphatic rings. The van der Waals surface area contributed by atoms with Gasteiger partial charge in [0.15, 0.2) is 0 Å². The monoisotopic (exact) mass is 338 g/mol. The van der Waals surface area contributed by atoms with E-state index in [9.17, 15) is 9.59 Å². The zero-order valence-electron chi connectivity index (χ0n) is 11.0. The van der Waals surface area contributed by atoms with Gasteiger partial charge in [0.1, 0.15) is 12.3 Å². The van der Waals surface area contributed by atoms with E-state index in [1.165, 1.54) is 10.6 Å². The van der Waals surface area contributed by atoms with Crippen LogP contribution >= 0.6 is 15.9 Å². The van der Waals surface area contributed by atoms with Gasteiger partial charge in [-0.15, -0.1) is 0 Å². The van der Waals surface area contributed by atoms with Gasteiger partial charge in [-0.3, -0.25) is 9.59 Å². The highest BCUT2D eigenvalue weighted by atomic mass is 79.9. The number of hydrogen-bond acceptors (Lipinski definition) is 3. The van der Waals surface area contributed by atoms with Crippen molar-refractivity contribution >= 4 is 21.8 Å². The van der Waals surface area contributed by atoms with Crippen LogP contribution in [0.3, 0.4) is 0 Å². The van der Waals surface area contributed by atoms with Crippen LogP contribution in [0.4, 0.5) is 0 Å². The third-order valence-electron chi connectivity index (χ3n) is 2.76. The lowest BCUT2D eigenvalue weighted by Gasteiger charge is -2.13. The van der Waals surface area contributed by atoms with Crippen LogP contribution in [0.2, 0.25) is 0 Å². The number of pyridine rings is 1. The smallest absolute Gasteiger partial charge is 0.251 e. The molecule has 2 heterocycles. The van der Waals surface area contributed by atoms with Crippen LogP contribution in [0, 0.1) is 0 Å². The van der Waals surface area contributed by atoms with Crippen molar-refractivity contribution in [3.63, 3.8) is 0 Å². The summed E-state index contributed by atoms with van der Waals surface area (Å²) in [4.78, 5) is 23.5. The maximum Gasteiger partial charge on any atom is 0.251 e. The Hall–Kier alpha value is -1.82. The van der Waals surface area contributed by atoms with Crippen LogP contribution in [0.1, 0.15) is 12.7 Å². The van der Waals surface area contributed by atoms with Crippen LogP contribution in [0.25, 0.3) is 0 Å². The zero-order valence-corrected chi connectivity index (χ0v) is 12.6. The van der Waals surface area contributed by atoms with Gasteiger partial charge >= 0.3 is 0 Å². The van der Waals surface area contributed by atoms with Gasteiger partial charge in [0.2, 0.25) is 5.91 Å². The number of hydrogen-bond donors (Lipinski definition) is 1. The van der Waals surface area contributed by atoms with Crippen molar-refractivity contribution in [3.8, 4) is 0 Å². The molecule has 2 rings (SSSR count). The summed E-state index contributed by atoms with van der Waals surface area (Å²) in [7, 11) is 0. The van der Waals surface area contributed by atoms with E-state index in [0.717, 1.165) is 10.2 Å². The average Bonchev–Trinajstić information content (AvgIpc) is 2.86. The first-order valence-corrected chi connectivity index (χ1v) is 7.01. The molecule has 0 bridgehead atoms. The highest BCUT2D eigenvalue weighted by Crippen LogP contribution is 2.05. The highest BCUT2D eigenvalue weighted by molar-refractivity contribution is 9.10. The minimum Gasteiger partial charge on any atom is -0.469 e. The fourth-order valence-electron chi connectivity index (χ4n) is 1.88. The lowest BCUT2D eigenvalue weighted by Crippen LogP contribution is -2.38. The average molecular weight is 339 g/mol. The molecular weight excluding hydrogens is 324 g/mol. The van der Waals surface area contributed by atoms with Crippen molar-refractivity contribution in [2.75, 3.05) is 0 Å². The Morgan fingerprint density at radius 2 is 2.25 bits per heavy atom. The van der Waals surface area contributed by atoms with Crippen LogP contribution in [-0.4, -0.2) is 16.5 Å². The summed E-state index contributed by atoms with van der Waals surface area (Å²) in [6.45, 7) is 1.89. The third kappa shape index (κ3) is 4.09. The fraction of sp³-hybridized carbons (Fsp3) is 0.286. The number of halogens is 1. The fourth-order valence-corrected chi connectivity index (χ4v) is 2.26. The maximum absolute atomic E-state index is 11.9. The molecule has 0 saturated heterocycles. The minimum atomic E-state index is -0.206. The molecule has 106 valence electrons. The minimum absolute atomic E-state index is 0.000762. The van der Waals surface area contributed by atoms with Gasteiger partial charge in [-0.25, -0.2) is 0 Å². The van der Waals surface area contributed by atoms with E-state index in [-0.39, 0.29) is 24.1 Å². The number of nitrogens with one attached hydrogen (secondary N) is 1. The Labute approximate surface area is 124 Å². The van der Waals surface area contributed by atoms with E-state index in [1.54, 1.807) is 18.5 Å². The number of rotatable bonds is 5. The zero-order chi connectivity index (χ0) is 14.5. The highest BCUT2D eigenvalue weighted by Gasteiger charge is 2.10. The molecule has 1 atom stereocenters. The number of nitrogens with zero attached hydrogens (tertiary/aromatic N) is 1. The second-order valence-corrected chi connectivity index (χ2v) is 5.48. The molecule has 2 aromatic heterocycles. The largest absolute Gasteiger partial charge is 0.469 e. The summed E-state index contributed by atoms with van der Waals surface area (Å²) >= 11 is 3.27. The number of carbonyl (C=O) groups is 1. The van der Waals surface area contributed by atoms with Crippen molar-refractivity contribution < 1.29 is 9.21 Å². The van der Waals surface area contributed by atoms with Crippen molar-refractivity contribution in [1.82, 2.24) is 9.88 Å². The van der Waals surface area contributed by atoms with Gasteiger partial charge < -0.3 is 14.3 Å². The summed E-state index contributed by atoms with van der Waals surface area (Å²) in [5, 5.41) is 2.84. The predicted octanol–water partition coefficient (Wildman–Crippen LogP) is 1.95. The molecule has 0 aliphatic carbocycles. The molecule has 0 saturated carbocycles. The Morgan fingerprint density at radius 3 is 2.95 bits per heavy atom. The van der Waals surface area contributed by atoms with E-state index in [0.29, 0.717) is 6.42 Å². The summed E-state index contributed by atoms with van der Waals surface area (Å²) in [6, 6.07) is 6.68. The molecule has 1 amide bonds. The van der Waals surface area contributed by atoms with Gasteiger partial charge in [0.25, 0.3) is 5.56 Å².